The second kappa shape index (κ2) is 10.1. The monoisotopic (exact) mass is 506 g/mol. The van der Waals surface area contributed by atoms with Crippen LogP contribution in [0.4, 0.5) is 0 Å². The molecule has 1 amide bonds. The van der Waals surface area contributed by atoms with Gasteiger partial charge >= 0.3 is 0 Å². The Balaban J connectivity index is 1.56. The predicted molar refractivity (Wildman–Crippen MR) is 132 cm³/mol. The van der Waals surface area contributed by atoms with Crippen molar-refractivity contribution in [1.29, 1.82) is 0 Å². The maximum absolute atomic E-state index is 12.6. The molecule has 0 spiro atoms. The van der Waals surface area contributed by atoms with Crippen LogP contribution in [0.1, 0.15) is 32.9 Å². The molecule has 32 heavy (non-hydrogen) atoms. The number of hydrogen-bond donors (Lipinski definition) is 1. The molecule has 0 aliphatic rings. The van der Waals surface area contributed by atoms with Gasteiger partial charge in [0.05, 0.1) is 6.54 Å². The van der Waals surface area contributed by atoms with Gasteiger partial charge in [0.15, 0.2) is 11.0 Å². The first-order chi connectivity index (χ1) is 15.5. The number of amides is 1. The van der Waals surface area contributed by atoms with Crippen molar-refractivity contribution in [1.82, 2.24) is 20.1 Å². The van der Waals surface area contributed by atoms with E-state index >= 15 is 0 Å². The van der Waals surface area contributed by atoms with Crippen molar-refractivity contribution in [3.05, 3.63) is 105 Å². The van der Waals surface area contributed by atoms with Crippen LogP contribution in [0.15, 0.2) is 82.4 Å². The lowest BCUT2D eigenvalue weighted by atomic mass is 10.2. The van der Waals surface area contributed by atoms with E-state index in [4.69, 9.17) is 0 Å². The van der Waals surface area contributed by atoms with Crippen LogP contribution in [-0.2, 0) is 12.3 Å². The summed E-state index contributed by atoms with van der Waals surface area (Å²) < 4.78 is 2.95. The van der Waals surface area contributed by atoms with Crippen molar-refractivity contribution in [3.63, 3.8) is 0 Å². The molecule has 1 N–H and O–H groups in total. The molecule has 0 bridgehead atoms. The van der Waals surface area contributed by atoms with E-state index in [1.165, 1.54) is 16.7 Å². The molecule has 0 atom stereocenters. The standard InChI is InChI=1S/C25H23BrN4OS/c1-17-6-12-22(13-7-17)30-23(15-27-24(31)20-8-10-21(26)11-9-20)28-29-25(30)32-16-19-5-3-4-18(2)14-19/h3-14H,15-16H2,1-2H3,(H,27,31). The molecule has 3 aromatic carbocycles. The Hall–Kier alpha value is -2.90. The van der Waals surface area contributed by atoms with E-state index in [9.17, 15) is 4.79 Å². The summed E-state index contributed by atoms with van der Waals surface area (Å²) in [6.07, 6.45) is 0. The summed E-state index contributed by atoms with van der Waals surface area (Å²) in [5.74, 6) is 1.33. The Morgan fingerprint density at radius 1 is 0.969 bits per heavy atom. The molecule has 5 nitrogen and oxygen atoms in total. The minimum Gasteiger partial charge on any atom is -0.345 e. The van der Waals surface area contributed by atoms with Crippen LogP contribution in [0.5, 0.6) is 0 Å². The fraction of sp³-hybridized carbons (Fsp3) is 0.160. The summed E-state index contributed by atoms with van der Waals surface area (Å²) in [5.41, 5.74) is 5.22. The normalized spacial score (nSPS) is 10.8. The average molecular weight is 507 g/mol. The number of halogens is 1. The number of aromatic nitrogens is 3. The number of aryl methyl sites for hydroxylation is 2. The molecule has 1 aromatic heterocycles. The van der Waals surface area contributed by atoms with Crippen molar-refractivity contribution < 1.29 is 4.79 Å². The van der Waals surface area contributed by atoms with Gasteiger partial charge in [0, 0.05) is 21.5 Å². The lowest BCUT2D eigenvalue weighted by Gasteiger charge is -2.12. The van der Waals surface area contributed by atoms with Crippen molar-refractivity contribution in [2.45, 2.75) is 31.3 Å². The summed E-state index contributed by atoms with van der Waals surface area (Å²) in [6.45, 7) is 4.43. The van der Waals surface area contributed by atoms with E-state index < -0.39 is 0 Å². The van der Waals surface area contributed by atoms with Crippen LogP contribution in [0.2, 0.25) is 0 Å². The van der Waals surface area contributed by atoms with Gasteiger partial charge in [0.25, 0.3) is 5.91 Å². The van der Waals surface area contributed by atoms with E-state index in [0.717, 1.165) is 21.1 Å². The minimum atomic E-state index is -0.148. The summed E-state index contributed by atoms with van der Waals surface area (Å²) in [4.78, 5) is 12.6. The van der Waals surface area contributed by atoms with Gasteiger partial charge < -0.3 is 5.32 Å². The molecule has 0 aliphatic heterocycles. The Morgan fingerprint density at radius 2 is 1.72 bits per heavy atom. The van der Waals surface area contributed by atoms with Crippen LogP contribution in [0.3, 0.4) is 0 Å². The number of hydrogen-bond acceptors (Lipinski definition) is 4. The van der Waals surface area contributed by atoms with Gasteiger partial charge in [-0.15, -0.1) is 10.2 Å². The topological polar surface area (TPSA) is 59.8 Å². The first-order valence-electron chi connectivity index (χ1n) is 10.2. The number of thioether (sulfide) groups is 1. The van der Waals surface area contributed by atoms with Crippen LogP contribution < -0.4 is 5.32 Å². The minimum absolute atomic E-state index is 0.148. The number of benzene rings is 3. The molecule has 0 saturated heterocycles. The molecule has 7 heteroatoms. The maximum atomic E-state index is 12.6. The van der Waals surface area contributed by atoms with Crippen molar-refractivity contribution >= 4 is 33.6 Å². The first kappa shape index (κ1) is 22.3. The van der Waals surface area contributed by atoms with Crippen LogP contribution in [0, 0.1) is 13.8 Å². The zero-order valence-corrected chi connectivity index (χ0v) is 20.3. The zero-order chi connectivity index (χ0) is 22.5. The third kappa shape index (κ3) is 5.47. The largest absolute Gasteiger partial charge is 0.345 e. The number of carbonyl (C=O) groups is 1. The van der Waals surface area contributed by atoms with Gasteiger partial charge in [0.2, 0.25) is 0 Å². The Kier molecular flexibility index (Phi) is 7.07. The van der Waals surface area contributed by atoms with E-state index in [0.29, 0.717) is 11.4 Å². The van der Waals surface area contributed by atoms with Crippen LogP contribution in [0.25, 0.3) is 5.69 Å². The third-order valence-electron chi connectivity index (χ3n) is 4.96. The Morgan fingerprint density at radius 3 is 2.44 bits per heavy atom. The van der Waals surface area contributed by atoms with Crippen LogP contribution >= 0.6 is 27.7 Å². The number of nitrogens with one attached hydrogen (secondary N) is 1. The smallest absolute Gasteiger partial charge is 0.251 e. The van der Waals surface area contributed by atoms with E-state index in [2.05, 4.69) is 93.8 Å². The summed E-state index contributed by atoms with van der Waals surface area (Å²) >= 11 is 5.03. The van der Waals surface area contributed by atoms with Crippen molar-refractivity contribution in [3.8, 4) is 5.69 Å². The maximum Gasteiger partial charge on any atom is 0.251 e. The van der Waals surface area contributed by atoms with Crippen LogP contribution in [-0.4, -0.2) is 20.7 Å². The SMILES string of the molecule is Cc1ccc(-n2c(CNC(=O)c3ccc(Br)cc3)nnc2SCc2cccc(C)c2)cc1. The molecule has 0 fully saturated rings. The van der Waals surface area contributed by atoms with Crippen molar-refractivity contribution in [2.24, 2.45) is 0 Å². The Labute approximate surface area is 200 Å². The molecule has 0 aliphatic carbocycles. The molecular formula is C25H23BrN4OS. The molecule has 4 aromatic rings. The second-order valence-electron chi connectivity index (χ2n) is 7.54. The highest BCUT2D eigenvalue weighted by atomic mass is 79.9. The second-order valence-corrected chi connectivity index (χ2v) is 9.40. The Bertz CT molecular complexity index is 1220. The van der Waals surface area contributed by atoms with Gasteiger partial charge in [0.1, 0.15) is 0 Å². The van der Waals surface area contributed by atoms with Gasteiger partial charge in [-0.2, -0.15) is 0 Å². The fourth-order valence-electron chi connectivity index (χ4n) is 3.27. The highest BCUT2D eigenvalue weighted by molar-refractivity contribution is 9.10. The van der Waals surface area contributed by atoms with Gasteiger partial charge in [-0.05, 0) is 55.8 Å². The van der Waals surface area contributed by atoms with E-state index in [1.54, 1.807) is 23.9 Å². The van der Waals surface area contributed by atoms with Gasteiger partial charge in [-0.25, -0.2) is 0 Å². The number of carbonyl (C=O) groups excluding carboxylic acids is 1. The third-order valence-corrected chi connectivity index (χ3v) is 6.49. The highest BCUT2D eigenvalue weighted by Gasteiger charge is 2.16. The summed E-state index contributed by atoms with van der Waals surface area (Å²) in [6, 6.07) is 24.0. The number of rotatable bonds is 7. The lowest BCUT2D eigenvalue weighted by molar-refractivity contribution is 0.0949. The van der Waals surface area contributed by atoms with Gasteiger partial charge in [-0.3, -0.25) is 9.36 Å². The van der Waals surface area contributed by atoms with Crippen molar-refractivity contribution in [2.75, 3.05) is 0 Å². The van der Waals surface area contributed by atoms with E-state index in [1.807, 2.05) is 16.7 Å². The van der Waals surface area contributed by atoms with Gasteiger partial charge in [-0.1, -0.05) is 75.2 Å². The molecule has 1 heterocycles. The highest BCUT2D eigenvalue weighted by Crippen LogP contribution is 2.26. The average Bonchev–Trinajstić information content (AvgIpc) is 3.20. The number of nitrogens with zero attached hydrogens (tertiary/aromatic N) is 3. The van der Waals surface area contributed by atoms with E-state index in [-0.39, 0.29) is 12.5 Å². The molecular weight excluding hydrogens is 484 g/mol. The fourth-order valence-corrected chi connectivity index (χ4v) is 4.45. The first-order valence-corrected chi connectivity index (χ1v) is 12.0. The quantitative estimate of drug-likeness (QED) is 0.318. The molecule has 162 valence electrons. The predicted octanol–water partition coefficient (Wildman–Crippen LogP) is 5.87. The zero-order valence-electron chi connectivity index (χ0n) is 17.9. The lowest BCUT2D eigenvalue weighted by Crippen LogP contribution is -2.24. The molecule has 0 radical (unpaired) electrons. The molecule has 0 saturated carbocycles. The summed E-state index contributed by atoms with van der Waals surface area (Å²) in [7, 11) is 0. The molecule has 0 unspecified atom stereocenters. The summed E-state index contributed by atoms with van der Waals surface area (Å²) in [5, 5.41) is 12.6. The molecule has 4 rings (SSSR count).